The summed E-state index contributed by atoms with van der Waals surface area (Å²) in [6.45, 7) is 1.63. The minimum absolute atomic E-state index is 0.0205. The maximum absolute atomic E-state index is 12.9. The van der Waals surface area contributed by atoms with Crippen LogP contribution in [0.4, 0.5) is 23.9 Å². The summed E-state index contributed by atoms with van der Waals surface area (Å²) in [7, 11) is 0. The van der Waals surface area contributed by atoms with Crippen molar-refractivity contribution in [1.82, 2.24) is 4.90 Å². The van der Waals surface area contributed by atoms with E-state index in [0.29, 0.717) is 36.8 Å². The van der Waals surface area contributed by atoms with Gasteiger partial charge in [0.1, 0.15) is 0 Å². The fourth-order valence-electron chi connectivity index (χ4n) is 2.86. The number of alkyl halides is 3. The van der Waals surface area contributed by atoms with Crippen molar-refractivity contribution in [2.24, 2.45) is 0 Å². The van der Waals surface area contributed by atoms with Gasteiger partial charge < -0.3 is 9.80 Å². The second kappa shape index (κ2) is 8.39. The lowest BCUT2D eigenvalue weighted by atomic mass is 10.1. The van der Waals surface area contributed by atoms with Crippen LogP contribution in [0, 0.1) is 10.1 Å². The van der Waals surface area contributed by atoms with Crippen molar-refractivity contribution in [1.29, 1.82) is 0 Å². The molecule has 0 aliphatic carbocycles. The zero-order chi connectivity index (χ0) is 20.3. The number of amides is 1. The van der Waals surface area contributed by atoms with E-state index >= 15 is 0 Å². The average Bonchev–Trinajstić information content (AvgIpc) is 3.15. The first-order chi connectivity index (χ1) is 13.3. The summed E-state index contributed by atoms with van der Waals surface area (Å²) in [5.41, 5.74) is -0.220. The monoisotopic (exact) mass is 431 g/mol. The summed E-state index contributed by atoms with van der Waals surface area (Å²) >= 11 is 2.14. The third-order valence-electron chi connectivity index (χ3n) is 4.30. The van der Waals surface area contributed by atoms with Gasteiger partial charge in [-0.2, -0.15) is 13.2 Å². The second-order valence-electron chi connectivity index (χ2n) is 6.05. The van der Waals surface area contributed by atoms with E-state index in [0.717, 1.165) is 35.2 Å². The van der Waals surface area contributed by atoms with Gasteiger partial charge in [-0.15, -0.1) is 11.8 Å². The highest BCUT2D eigenvalue weighted by Crippen LogP contribution is 2.34. The van der Waals surface area contributed by atoms with Crippen LogP contribution < -0.4 is 4.90 Å². The van der Waals surface area contributed by atoms with Gasteiger partial charge >= 0.3 is 11.2 Å². The van der Waals surface area contributed by atoms with E-state index in [-0.39, 0.29) is 16.7 Å². The molecule has 3 rings (SSSR count). The van der Waals surface area contributed by atoms with E-state index in [9.17, 15) is 28.1 Å². The third-order valence-corrected chi connectivity index (χ3v) is 6.32. The zero-order valence-electron chi connectivity index (χ0n) is 14.5. The second-order valence-corrected chi connectivity index (χ2v) is 7.96. The minimum atomic E-state index is -4.39. The number of rotatable bonds is 5. The van der Waals surface area contributed by atoms with E-state index in [1.165, 1.54) is 6.07 Å². The molecule has 0 radical (unpaired) electrons. The van der Waals surface area contributed by atoms with Crippen LogP contribution in [0.2, 0.25) is 0 Å². The van der Waals surface area contributed by atoms with Gasteiger partial charge in [0.2, 0.25) is 5.91 Å². The molecule has 1 amide bonds. The summed E-state index contributed by atoms with van der Waals surface area (Å²) in [4.78, 5) is 26.7. The summed E-state index contributed by atoms with van der Waals surface area (Å²) in [6.07, 6.45) is -4.39. The summed E-state index contributed by atoms with van der Waals surface area (Å²) < 4.78 is 38.6. The molecule has 0 N–H and O–H groups in total. The van der Waals surface area contributed by atoms with Crippen molar-refractivity contribution in [2.75, 3.05) is 36.8 Å². The van der Waals surface area contributed by atoms with Gasteiger partial charge in [-0.3, -0.25) is 14.9 Å². The molecular formula is C17H16F3N3O3S2. The Bertz CT molecular complexity index is 865. The van der Waals surface area contributed by atoms with Crippen molar-refractivity contribution in [3.63, 3.8) is 0 Å². The lowest BCUT2D eigenvalue weighted by molar-refractivity contribution is -0.382. The molecule has 1 aliphatic heterocycles. The standard InChI is InChI=1S/C17H16F3N3O3S2/c18-17(19,20)12-2-1-3-13(10-12)21-5-7-22(8-6-21)15(24)11-28-14-4-9-27-16(14)23(25)26/h1-4,9-10H,5-8,11H2. The fourth-order valence-corrected chi connectivity index (χ4v) is 4.69. The molecule has 28 heavy (non-hydrogen) atoms. The van der Waals surface area contributed by atoms with Gasteiger partial charge in [0, 0.05) is 31.9 Å². The number of halogens is 3. The number of carbonyl (C=O) groups excluding carboxylic acids is 1. The van der Waals surface area contributed by atoms with Gasteiger partial charge in [0.15, 0.2) is 0 Å². The topological polar surface area (TPSA) is 66.7 Å². The molecule has 2 aromatic rings. The van der Waals surface area contributed by atoms with Crippen LogP contribution in [0.25, 0.3) is 0 Å². The number of anilines is 1. The molecule has 0 bridgehead atoms. The normalized spacial score (nSPS) is 15.0. The number of hydrogen-bond donors (Lipinski definition) is 0. The maximum Gasteiger partial charge on any atom is 0.416 e. The van der Waals surface area contributed by atoms with E-state index in [1.54, 1.807) is 22.4 Å². The average molecular weight is 431 g/mol. The molecule has 1 fully saturated rings. The highest BCUT2D eigenvalue weighted by Gasteiger charge is 2.31. The predicted octanol–water partition coefficient (Wildman–Crippen LogP) is 4.12. The Kier molecular flexibility index (Phi) is 6.14. The molecule has 11 heteroatoms. The Hall–Kier alpha value is -2.27. The van der Waals surface area contributed by atoms with Gasteiger partial charge in [0.25, 0.3) is 0 Å². The molecule has 1 aromatic carbocycles. The molecule has 1 aliphatic rings. The Morgan fingerprint density at radius 2 is 1.93 bits per heavy atom. The van der Waals surface area contributed by atoms with Crippen LogP contribution in [0.5, 0.6) is 0 Å². The molecule has 1 aromatic heterocycles. The predicted molar refractivity (Wildman–Crippen MR) is 102 cm³/mol. The molecule has 2 heterocycles. The molecule has 0 unspecified atom stereocenters. The van der Waals surface area contributed by atoms with Crippen molar-refractivity contribution < 1.29 is 22.9 Å². The van der Waals surface area contributed by atoms with E-state index < -0.39 is 16.7 Å². The van der Waals surface area contributed by atoms with E-state index in [1.807, 2.05) is 4.90 Å². The van der Waals surface area contributed by atoms with Crippen molar-refractivity contribution in [2.45, 2.75) is 11.1 Å². The van der Waals surface area contributed by atoms with Gasteiger partial charge in [-0.05, 0) is 29.6 Å². The Labute approximate surface area is 167 Å². The van der Waals surface area contributed by atoms with Crippen molar-refractivity contribution >= 4 is 39.7 Å². The van der Waals surface area contributed by atoms with Crippen molar-refractivity contribution in [3.8, 4) is 0 Å². The number of benzene rings is 1. The van der Waals surface area contributed by atoms with Crippen LogP contribution in [-0.4, -0.2) is 47.7 Å². The molecule has 150 valence electrons. The van der Waals surface area contributed by atoms with Crippen LogP contribution >= 0.6 is 23.1 Å². The molecular weight excluding hydrogens is 415 g/mol. The summed E-state index contributed by atoms with van der Waals surface area (Å²) in [5, 5.41) is 12.5. The number of carbonyl (C=O) groups is 1. The quantitative estimate of drug-likeness (QED) is 0.405. The van der Waals surface area contributed by atoms with E-state index in [4.69, 9.17) is 0 Å². The first-order valence-electron chi connectivity index (χ1n) is 8.30. The van der Waals surface area contributed by atoms with Crippen LogP contribution in [-0.2, 0) is 11.0 Å². The first kappa shape index (κ1) is 20.5. The Balaban J connectivity index is 1.54. The molecule has 0 spiro atoms. The molecule has 1 saturated heterocycles. The molecule has 6 nitrogen and oxygen atoms in total. The summed E-state index contributed by atoms with van der Waals surface area (Å²) in [6, 6.07) is 6.76. The smallest absolute Gasteiger partial charge is 0.368 e. The minimum Gasteiger partial charge on any atom is -0.368 e. The summed E-state index contributed by atoms with van der Waals surface area (Å²) in [5.74, 6) is -0.0598. The lowest BCUT2D eigenvalue weighted by Crippen LogP contribution is -2.49. The number of nitrogens with zero attached hydrogens (tertiary/aromatic N) is 3. The SMILES string of the molecule is O=C(CSc1ccsc1[N+](=O)[O-])N1CCN(c2cccc(C(F)(F)F)c2)CC1. The zero-order valence-corrected chi connectivity index (χ0v) is 16.1. The number of thiophene rings is 1. The third kappa shape index (κ3) is 4.76. The highest BCUT2D eigenvalue weighted by atomic mass is 32.2. The number of nitro groups is 1. The van der Waals surface area contributed by atoms with E-state index in [2.05, 4.69) is 0 Å². The van der Waals surface area contributed by atoms with Crippen LogP contribution in [0.15, 0.2) is 40.6 Å². The number of hydrogen-bond acceptors (Lipinski definition) is 6. The Morgan fingerprint density at radius 3 is 2.57 bits per heavy atom. The first-order valence-corrected chi connectivity index (χ1v) is 10.2. The van der Waals surface area contributed by atoms with Crippen LogP contribution in [0.3, 0.4) is 0 Å². The molecule has 0 atom stereocenters. The van der Waals surface area contributed by atoms with Gasteiger partial charge in [0.05, 0.1) is 21.1 Å². The van der Waals surface area contributed by atoms with Gasteiger partial charge in [-0.1, -0.05) is 17.4 Å². The highest BCUT2D eigenvalue weighted by molar-refractivity contribution is 8.00. The van der Waals surface area contributed by atoms with Gasteiger partial charge in [-0.25, -0.2) is 0 Å². The van der Waals surface area contributed by atoms with Crippen molar-refractivity contribution in [3.05, 3.63) is 51.4 Å². The Morgan fingerprint density at radius 1 is 1.21 bits per heavy atom. The number of thioether (sulfide) groups is 1. The molecule has 0 saturated carbocycles. The fraction of sp³-hybridized carbons (Fsp3) is 0.353. The lowest BCUT2D eigenvalue weighted by Gasteiger charge is -2.36. The maximum atomic E-state index is 12.9. The number of piperazine rings is 1. The largest absolute Gasteiger partial charge is 0.416 e. The van der Waals surface area contributed by atoms with Crippen LogP contribution in [0.1, 0.15) is 5.56 Å².